The lowest BCUT2D eigenvalue weighted by molar-refractivity contribution is -0.137. The number of aliphatic carboxylic acids is 1. The molecule has 0 aliphatic carbocycles. The summed E-state index contributed by atoms with van der Waals surface area (Å²) in [6, 6.07) is 13.2. The minimum absolute atomic E-state index is 0.0493. The van der Waals surface area contributed by atoms with Crippen LogP contribution in [0.15, 0.2) is 53.9 Å². The van der Waals surface area contributed by atoms with Crippen molar-refractivity contribution in [2.24, 2.45) is 5.92 Å². The molecule has 0 radical (unpaired) electrons. The van der Waals surface area contributed by atoms with E-state index in [0.717, 1.165) is 10.1 Å². The van der Waals surface area contributed by atoms with E-state index in [9.17, 15) is 18.3 Å². The van der Waals surface area contributed by atoms with Crippen LogP contribution in [0.1, 0.15) is 36.9 Å². The number of nitrogens with one attached hydrogen (secondary N) is 1. The third-order valence-corrected chi connectivity index (χ3v) is 7.04. The van der Waals surface area contributed by atoms with Gasteiger partial charge in [-0.25, -0.2) is 13.1 Å². The molecular formula is C21H23NO5S2. The summed E-state index contributed by atoms with van der Waals surface area (Å²) in [7, 11) is -3.68. The number of hydrogen-bond donors (Lipinski definition) is 3. The van der Waals surface area contributed by atoms with Crippen LogP contribution in [0.2, 0.25) is 0 Å². The molecule has 3 N–H and O–H groups in total. The summed E-state index contributed by atoms with van der Waals surface area (Å²) in [5.74, 6) is -1.26. The van der Waals surface area contributed by atoms with Gasteiger partial charge in [0.15, 0.2) is 0 Å². The van der Waals surface area contributed by atoms with Crippen molar-refractivity contribution in [1.29, 1.82) is 0 Å². The van der Waals surface area contributed by atoms with Gasteiger partial charge < -0.3 is 10.2 Å². The molecule has 6 nitrogen and oxygen atoms in total. The molecule has 3 aromatic rings. The predicted octanol–water partition coefficient (Wildman–Crippen LogP) is 4.27. The van der Waals surface area contributed by atoms with Gasteiger partial charge in [-0.15, -0.1) is 11.3 Å². The normalized spacial score (nSPS) is 14.0. The molecule has 0 fully saturated rings. The van der Waals surface area contributed by atoms with Gasteiger partial charge in [0, 0.05) is 17.2 Å². The van der Waals surface area contributed by atoms with E-state index in [2.05, 4.69) is 4.72 Å². The van der Waals surface area contributed by atoms with Gasteiger partial charge in [0.2, 0.25) is 10.0 Å². The number of phenolic OH excluding ortho intramolecular Hbond substituents is 1. The molecule has 0 aliphatic heterocycles. The highest BCUT2D eigenvalue weighted by Gasteiger charge is 2.25. The Morgan fingerprint density at radius 2 is 1.86 bits per heavy atom. The molecule has 2 aromatic carbocycles. The van der Waals surface area contributed by atoms with Crippen molar-refractivity contribution in [2.45, 2.75) is 31.6 Å². The van der Waals surface area contributed by atoms with Crippen molar-refractivity contribution in [3.05, 3.63) is 65.0 Å². The van der Waals surface area contributed by atoms with Crippen LogP contribution in [0.3, 0.4) is 0 Å². The summed E-state index contributed by atoms with van der Waals surface area (Å²) in [6.07, 6.45) is 0.274. The zero-order valence-electron chi connectivity index (χ0n) is 15.9. The van der Waals surface area contributed by atoms with E-state index in [4.69, 9.17) is 5.11 Å². The first-order chi connectivity index (χ1) is 13.7. The third-order valence-electron chi connectivity index (χ3n) is 4.81. The van der Waals surface area contributed by atoms with Gasteiger partial charge in [-0.1, -0.05) is 25.1 Å². The molecule has 1 aromatic heterocycles. The Balaban J connectivity index is 1.82. The van der Waals surface area contributed by atoms with E-state index in [1.807, 2.05) is 36.6 Å². The van der Waals surface area contributed by atoms with Crippen molar-refractivity contribution in [3.63, 3.8) is 0 Å². The average Bonchev–Trinajstić information content (AvgIpc) is 3.12. The molecule has 154 valence electrons. The highest BCUT2D eigenvalue weighted by molar-refractivity contribution is 7.88. The Labute approximate surface area is 173 Å². The maximum Gasteiger partial charge on any atom is 0.303 e. The van der Waals surface area contributed by atoms with Crippen LogP contribution < -0.4 is 4.72 Å². The van der Waals surface area contributed by atoms with Crippen LogP contribution >= 0.6 is 11.3 Å². The number of aromatic hydroxyl groups is 1. The van der Waals surface area contributed by atoms with E-state index in [1.165, 1.54) is 12.1 Å². The van der Waals surface area contributed by atoms with Gasteiger partial charge >= 0.3 is 5.97 Å². The number of carboxylic acid groups (broad SMARTS) is 1. The van der Waals surface area contributed by atoms with Crippen molar-refractivity contribution in [2.75, 3.05) is 0 Å². The fourth-order valence-corrected chi connectivity index (χ4v) is 5.50. The summed E-state index contributed by atoms with van der Waals surface area (Å²) >= 11 is 1.60. The number of carboxylic acids is 1. The van der Waals surface area contributed by atoms with Gasteiger partial charge in [0.1, 0.15) is 5.75 Å². The summed E-state index contributed by atoms with van der Waals surface area (Å²) in [4.78, 5) is 10.9. The minimum Gasteiger partial charge on any atom is -0.508 e. The van der Waals surface area contributed by atoms with E-state index in [1.54, 1.807) is 23.5 Å². The van der Waals surface area contributed by atoms with Crippen molar-refractivity contribution >= 4 is 37.4 Å². The van der Waals surface area contributed by atoms with Crippen LogP contribution in [0, 0.1) is 5.92 Å². The maximum absolute atomic E-state index is 12.9. The number of thiophene rings is 1. The minimum atomic E-state index is -3.68. The van der Waals surface area contributed by atoms with Crippen molar-refractivity contribution < 1.29 is 23.4 Å². The highest BCUT2D eigenvalue weighted by Crippen LogP contribution is 2.29. The molecule has 0 amide bonds. The summed E-state index contributed by atoms with van der Waals surface area (Å²) < 4.78 is 29.6. The molecule has 0 saturated heterocycles. The Morgan fingerprint density at radius 3 is 2.55 bits per heavy atom. The topological polar surface area (TPSA) is 104 Å². The van der Waals surface area contributed by atoms with E-state index in [0.29, 0.717) is 17.5 Å². The summed E-state index contributed by atoms with van der Waals surface area (Å²) in [5, 5.41) is 21.5. The van der Waals surface area contributed by atoms with E-state index >= 15 is 0 Å². The first-order valence-electron chi connectivity index (χ1n) is 9.20. The Bertz CT molecular complexity index is 1090. The molecule has 1 heterocycles. The molecule has 8 heteroatoms. The fourth-order valence-electron chi connectivity index (χ4n) is 3.27. The monoisotopic (exact) mass is 433 g/mol. The number of sulfonamides is 1. The Morgan fingerprint density at radius 1 is 1.14 bits per heavy atom. The number of benzene rings is 2. The number of phenols is 1. The molecule has 29 heavy (non-hydrogen) atoms. The predicted molar refractivity (Wildman–Crippen MR) is 114 cm³/mol. The third kappa shape index (κ3) is 5.79. The van der Waals surface area contributed by atoms with E-state index in [-0.39, 0.29) is 23.8 Å². The van der Waals surface area contributed by atoms with Gasteiger partial charge in [0.25, 0.3) is 0 Å². The smallest absolute Gasteiger partial charge is 0.303 e. The maximum atomic E-state index is 12.9. The molecule has 0 aliphatic rings. The van der Waals surface area contributed by atoms with Crippen molar-refractivity contribution in [3.8, 4) is 5.75 Å². The average molecular weight is 434 g/mol. The second kappa shape index (κ2) is 8.94. The highest BCUT2D eigenvalue weighted by atomic mass is 32.2. The first-order valence-corrected chi connectivity index (χ1v) is 11.7. The van der Waals surface area contributed by atoms with Gasteiger partial charge in [-0.3, -0.25) is 4.79 Å². The second-order valence-electron chi connectivity index (χ2n) is 7.15. The lowest BCUT2D eigenvalue weighted by Crippen LogP contribution is -2.33. The van der Waals surface area contributed by atoms with Gasteiger partial charge in [-0.05, 0) is 64.6 Å². The molecule has 1 unspecified atom stereocenters. The van der Waals surface area contributed by atoms with Crippen LogP contribution in [-0.4, -0.2) is 24.6 Å². The van der Waals surface area contributed by atoms with Crippen LogP contribution in [0.5, 0.6) is 5.75 Å². The fraction of sp³-hybridized carbons (Fsp3) is 0.286. The number of hydrogen-bond acceptors (Lipinski definition) is 5. The number of fused-ring (bicyclic) bond motifs is 1. The SMILES string of the molecule is CC(CCC(=O)O)[C@@H](NS(=O)(=O)Cc1ccc2sccc2c1)c1ccc(O)cc1. The standard InChI is InChI=1S/C21H23NO5S2/c1-14(2-9-20(24)25)21(16-4-6-18(23)7-5-16)22-29(26,27)13-15-3-8-19-17(12-15)10-11-28-19/h3-8,10-12,14,21-23H,2,9,13H2,1H3,(H,24,25)/t14?,21-/m1/s1. The first kappa shape index (κ1) is 21.3. The van der Waals surface area contributed by atoms with Gasteiger partial charge in [-0.2, -0.15) is 0 Å². The van der Waals surface area contributed by atoms with Gasteiger partial charge in [0.05, 0.1) is 5.75 Å². The number of carbonyl (C=O) groups is 1. The summed E-state index contributed by atoms with van der Waals surface area (Å²) in [5.41, 5.74) is 1.36. The lowest BCUT2D eigenvalue weighted by Gasteiger charge is -2.25. The van der Waals surface area contributed by atoms with E-state index < -0.39 is 22.0 Å². The molecule has 3 rings (SSSR count). The second-order valence-corrected chi connectivity index (χ2v) is 9.85. The molecule has 0 saturated carbocycles. The van der Waals surface area contributed by atoms with Crippen LogP contribution in [0.4, 0.5) is 0 Å². The summed E-state index contributed by atoms with van der Waals surface area (Å²) in [6.45, 7) is 1.82. The van der Waals surface area contributed by atoms with Crippen LogP contribution in [0.25, 0.3) is 10.1 Å². The Kier molecular flexibility index (Phi) is 6.56. The molecule has 2 atom stereocenters. The lowest BCUT2D eigenvalue weighted by atomic mass is 9.91. The Hall–Kier alpha value is -2.42. The zero-order valence-corrected chi connectivity index (χ0v) is 17.5. The van der Waals surface area contributed by atoms with Crippen LogP contribution in [-0.2, 0) is 20.6 Å². The molecule has 0 bridgehead atoms. The largest absolute Gasteiger partial charge is 0.508 e. The number of rotatable bonds is 9. The molecule has 0 spiro atoms. The van der Waals surface area contributed by atoms with Crippen molar-refractivity contribution in [1.82, 2.24) is 4.72 Å². The molecular weight excluding hydrogens is 410 g/mol. The quantitative estimate of drug-likeness (QED) is 0.468. The zero-order chi connectivity index (χ0) is 21.0.